The van der Waals surface area contributed by atoms with Crippen molar-refractivity contribution in [3.8, 4) is 0 Å². The molecule has 0 spiro atoms. The maximum atomic E-state index is 5.18. The lowest BCUT2D eigenvalue weighted by atomic mass is 10.7. The van der Waals surface area contributed by atoms with E-state index >= 15 is 0 Å². The van der Waals surface area contributed by atoms with E-state index in [0.717, 1.165) is 0 Å². The van der Waals surface area contributed by atoms with Gasteiger partial charge in [0.1, 0.15) is 0 Å². The molecule has 0 aliphatic heterocycles. The molecule has 0 aliphatic rings. The Labute approximate surface area is 59.0 Å². The maximum absolute atomic E-state index is 5.18. The minimum absolute atomic E-state index is 0.0908. The van der Waals surface area contributed by atoms with Crippen molar-refractivity contribution in [1.82, 2.24) is 5.43 Å². The van der Waals surface area contributed by atoms with E-state index in [-0.39, 0.29) is 5.96 Å². The zero-order valence-corrected chi connectivity index (χ0v) is 5.49. The van der Waals surface area contributed by atoms with Gasteiger partial charge in [-0.2, -0.15) is 10.2 Å². The van der Waals surface area contributed by atoms with Gasteiger partial charge in [0.2, 0.25) is 5.96 Å². The summed E-state index contributed by atoms with van der Waals surface area (Å²) in [6.07, 6.45) is 2.88. The Morgan fingerprint density at radius 1 is 1.60 bits per heavy atom. The lowest BCUT2D eigenvalue weighted by molar-refractivity contribution is 0.999. The highest BCUT2D eigenvalue weighted by atomic mass is 15.4. The molecule has 0 unspecified atom stereocenters. The number of allylic oxidation sites excluding steroid dienone is 1. The van der Waals surface area contributed by atoms with Crippen molar-refractivity contribution in [1.29, 1.82) is 0 Å². The second-order valence-electron chi connectivity index (χ2n) is 1.26. The molecule has 0 saturated heterocycles. The molecule has 0 aliphatic carbocycles. The number of nitrogens with one attached hydrogen (secondary N) is 1. The second kappa shape index (κ2) is 5.49. The van der Waals surface area contributed by atoms with Gasteiger partial charge in [-0.25, -0.2) is 5.43 Å². The molecule has 0 atom stereocenters. The molecule has 54 valence electrons. The molecule has 10 heavy (non-hydrogen) atoms. The molecule has 0 heterocycles. The van der Waals surface area contributed by atoms with Crippen LogP contribution in [0.1, 0.15) is 0 Å². The molecule has 0 aromatic carbocycles. The van der Waals surface area contributed by atoms with Crippen LogP contribution in [-0.2, 0) is 0 Å². The van der Waals surface area contributed by atoms with E-state index in [1.807, 2.05) is 0 Å². The number of nitrogens with zero attached hydrogens (tertiary/aromatic N) is 3. The third-order valence-electron chi connectivity index (χ3n) is 0.531. The highest BCUT2D eigenvalue weighted by Gasteiger charge is 1.80. The SMILES string of the molecule is C=CC=N/N=C(\N)NN=C. The summed E-state index contributed by atoms with van der Waals surface area (Å²) in [4.78, 5) is 0. The van der Waals surface area contributed by atoms with Gasteiger partial charge in [0, 0.05) is 12.9 Å². The van der Waals surface area contributed by atoms with E-state index < -0.39 is 0 Å². The van der Waals surface area contributed by atoms with Crippen LogP contribution in [0.25, 0.3) is 0 Å². The first-order valence-corrected chi connectivity index (χ1v) is 2.50. The summed E-state index contributed by atoms with van der Waals surface area (Å²) in [5.74, 6) is 0.0908. The fourth-order valence-electron chi connectivity index (χ4n) is 0.246. The Morgan fingerprint density at radius 3 is 2.80 bits per heavy atom. The molecule has 5 heteroatoms. The van der Waals surface area contributed by atoms with Gasteiger partial charge in [-0.3, -0.25) is 0 Å². The largest absolute Gasteiger partial charge is 0.367 e. The van der Waals surface area contributed by atoms with Crippen LogP contribution >= 0.6 is 0 Å². The molecule has 0 aromatic rings. The Morgan fingerprint density at radius 2 is 2.30 bits per heavy atom. The Balaban J connectivity index is 3.77. The van der Waals surface area contributed by atoms with E-state index in [1.165, 1.54) is 12.3 Å². The minimum Gasteiger partial charge on any atom is -0.367 e. The fraction of sp³-hybridized carbons (Fsp3) is 0. The summed E-state index contributed by atoms with van der Waals surface area (Å²) in [6.45, 7) is 6.52. The van der Waals surface area contributed by atoms with Gasteiger partial charge in [-0.05, 0) is 6.08 Å². The predicted octanol–water partition coefficient (Wildman–Crippen LogP) is -0.322. The molecule has 3 N–H and O–H groups in total. The van der Waals surface area contributed by atoms with Crippen LogP contribution < -0.4 is 11.2 Å². The molecule has 0 aromatic heterocycles. The average molecular weight is 139 g/mol. The molecule has 0 radical (unpaired) electrons. The third-order valence-corrected chi connectivity index (χ3v) is 0.531. The van der Waals surface area contributed by atoms with Crippen LogP contribution in [0.15, 0.2) is 28.0 Å². The molecule has 0 bridgehead atoms. The highest BCUT2D eigenvalue weighted by molar-refractivity contribution is 5.79. The Kier molecular flexibility index (Phi) is 4.58. The zero-order valence-electron chi connectivity index (χ0n) is 5.49. The predicted molar refractivity (Wildman–Crippen MR) is 43.0 cm³/mol. The first kappa shape index (κ1) is 8.35. The standard InChI is InChI=1S/C5H9N5/c1-3-4-8-10-5(6)9-7-2/h3-4H,1-2H2,(H3,6,9,10). The molecular weight excluding hydrogens is 130 g/mol. The first-order valence-electron chi connectivity index (χ1n) is 2.50. The van der Waals surface area contributed by atoms with Gasteiger partial charge in [0.15, 0.2) is 0 Å². The van der Waals surface area contributed by atoms with Crippen LogP contribution in [0.3, 0.4) is 0 Å². The average Bonchev–Trinajstić information content (AvgIpc) is 1.89. The summed E-state index contributed by atoms with van der Waals surface area (Å²) >= 11 is 0. The Hall–Kier alpha value is -1.65. The van der Waals surface area contributed by atoms with Crippen LogP contribution in [0.5, 0.6) is 0 Å². The first-order chi connectivity index (χ1) is 4.81. The number of hydrogen-bond donors (Lipinski definition) is 2. The van der Waals surface area contributed by atoms with Crippen LogP contribution in [0.4, 0.5) is 0 Å². The van der Waals surface area contributed by atoms with E-state index in [9.17, 15) is 0 Å². The normalized spacial score (nSPS) is 11.4. The molecule has 0 fully saturated rings. The van der Waals surface area contributed by atoms with Gasteiger partial charge in [-0.1, -0.05) is 6.58 Å². The number of hydrogen-bond acceptors (Lipinski definition) is 3. The lowest BCUT2D eigenvalue weighted by Crippen LogP contribution is -2.26. The number of guanidine groups is 1. The van der Waals surface area contributed by atoms with Gasteiger partial charge < -0.3 is 5.73 Å². The molecule has 0 saturated carbocycles. The van der Waals surface area contributed by atoms with Crippen LogP contribution in [0, 0.1) is 0 Å². The molecule has 5 nitrogen and oxygen atoms in total. The van der Waals surface area contributed by atoms with Crippen molar-refractivity contribution in [3.63, 3.8) is 0 Å². The lowest BCUT2D eigenvalue weighted by Gasteiger charge is -1.91. The summed E-state index contributed by atoms with van der Waals surface area (Å²) in [5.41, 5.74) is 7.48. The number of nitrogens with two attached hydrogens (primary N) is 1. The smallest absolute Gasteiger partial charge is 0.234 e. The van der Waals surface area contributed by atoms with Crippen molar-refractivity contribution in [3.05, 3.63) is 12.7 Å². The fourth-order valence-corrected chi connectivity index (χ4v) is 0.246. The number of hydrazone groups is 1. The Bertz CT molecular complexity index is 169. The van der Waals surface area contributed by atoms with Crippen molar-refractivity contribution < 1.29 is 0 Å². The maximum Gasteiger partial charge on any atom is 0.234 e. The van der Waals surface area contributed by atoms with E-state index in [4.69, 9.17) is 5.73 Å². The summed E-state index contributed by atoms with van der Waals surface area (Å²) < 4.78 is 0. The third kappa shape index (κ3) is 4.51. The van der Waals surface area contributed by atoms with Gasteiger partial charge in [0.05, 0.1) is 0 Å². The van der Waals surface area contributed by atoms with E-state index in [0.29, 0.717) is 0 Å². The van der Waals surface area contributed by atoms with Gasteiger partial charge in [-0.15, -0.1) is 5.10 Å². The molecular formula is C5H9N5. The van der Waals surface area contributed by atoms with Crippen LogP contribution in [0.2, 0.25) is 0 Å². The van der Waals surface area contributed by atoms with Crippen LogP contribution in [-0.4, -0.2) is 18.9 Å². The second-order valence-corrected chi connectivity index (χ2v) is 1.26. The van der Waals surface area contributed by atoms with Crippen molar-refractivity contribution in [2.75, 3.05) is 0 Å². The highest BCUT2D eigenvalue weighted by Crippen LogP contribution is 1.68. The summed E-state index contributed by atoms with van der Waals surface area (Å²) in [5, 5.41) is 10.2. The van der Waals surface area contributed by atoms with Crippen molar-refractivity contribution in [2.45, 2.75) is 0 Å². The summed E-state index contributed by atoms with van der Waals surface area (Å²) in [7, 11) is 0. The zero-order chi connectivity index (χ0) is 7.82. The minimum atomic E-state index is 0.0908. The summed E-state index contributed by atoms with van der Waals surface area (Å²) in [6, 6.07) is 0. The topological polar surface area (TPSA) is 75.1 Å². The quantitative estimate of drug-likeness (QED) is 0.319. The number of rotatable bonds is 3. The van der Waals surface area contributed by atoms with E-state index in [1.54, 1.807) is 0 Å². The van der Waals surface area contributed by atoms with Gasteiger partial charge in [0.25, 0.3) is 0 Å². The molecule has 0 amide bonds. The van der Waals surface area contributed by atoms with Crippen molar-refractivity contribution in [2.24, 2.45) is 21.0 Å². The monoisotopic (exact) mass is 139 g/mol. The van der Waals surface area contributed by atoms with E-state index in [2.05, 4.69) is 34.0 Å². The van der Waals surface area contributed by atoms with Crippen molar-refractivity contribution >= 4 is 18.9 Å². The van der Waals surface area contributed by atoms with Gasteiger partial charge >= 0.3 is 0 Å². The molecule has 0 rings (SSSR count).